The van der Waals surface area contributed by atoms with E-state index in [1.165, 1.54) is 193 Å². The number of phosphoric ester groups is 2. The minimum absolute atomic E-state index is 0.102. The lowest BCUT2D eigenvalue weighted by molar-refractivity contribution is -0.161. The lowest BCUT2D eigenvalue weighted by Crippen LogP contribution is -2.30. The first kappa shape index (κ1) is 94.5. The van der Waals surface area contributed by atoms with Crippen molar-refractivity contribution in [3.05, 3.63) is 24.3 Å². The maximum atomic E-state index is 13.1. The number of unbranched alkanes of at least 4 members (excludes halogenated alkanes) is 45. The van der Waals surface area contributed by atoms with E-state index >= 15 is 0 Å². The summed E-state index contributed by atoms with van der Waals surface area (Å²) in [6.07, 6.45) is 63.2. The van der Waals surface area contributed by atoms with Crippen molar-refractivity contribution in [2.45, 2.75) is 406 Å². The maximum absolute atomic E-state index is 13.1. The van der Waals surface area contributed by atoms with Crippen LogP contribution in [0.1, 0.15) is 388 Å². The Morgan fingerprint density at radius 1 is 0.320 bits per heavy atom. The molecule has 0 radical (unpaired) electrons. The number of aliphatic hydroxyl groups excluding tert-OH is 1. The Kier molecular flexibility index (Phi) is 68.8. The second-order valence-corrected chi connectivity index (χ2v) is 30.8. The van der Waals surface area contributed by atoms with Crippen molar-refractivity contribution in [3.63, 3.8) is 0 Å². The van der Waals surface area contributed by atoms with Crippen LogP contribution < -0.4 is 0 Å². The van der Waals surface area contributed by atoms with Crippen molar-refractivity contribution in [3.8, 4) is 0 Å². The predicted octanol–water partition coefficient (Wildman–Crippen LogP) is 22.8. The normalized spacial score (nSPS) is 14.1. The Labute approximate surface area is 592 Å². The van der Waals surface area contributed by atoms with Crippen LogP contribution in [0.4, 0.5) is 0 Å². The van der Waals surface area contributed by atoms with Crippen molar-refractivity contribution < 1.29 is 80.2 Å². The highest BCUT2D eigenvalue weighted by Crippen LogP contribution is 2.45. The van der Waals surface area contributed by atoms with E-state index in [0.29, 0.717) is 25.7 Å². The van der Waals surface area contributed by atoms with E-state index in [0.717, 1.165) is 115 Å². The molecule has 0 saturated carbocycles. The molecule has 2 unspecified atom stereocenters. The van der Waals surface area contributed by atoms with Gasteiger partial charge in [0.05, 0.1) is 26.4 Å². The highest BCUT2D eigenvalue weighted by molar-refractivity contribution is 7.47. The third-order valence-corrected chi connectivity index (χ3v) is 19.6. The largest absolute Gasteiger partial charge is 0.472 e. The summed E-state index contributed by atoms with van der Waals surface area (Å²) in [5.41, 5.74) is 0. The summed E-state index contributed by atoms with van der Waals surface area (Å²) in [4.78, 5) is 72.9. The van der Waals surface area contributed by atoms with Gasteiger partial charge >= 0.3 is 39.5 Å². The Bertz CT molecular complexity index is 1950. The number of phosphoric acid groups is 2. The summed E-state index contributed by atoms with van der Waals surface area (Å²) in [7, 11) is -9.92. The monoisotopic (exact) mass is 1420 g/mol. The zero-order valence-electron chi connectivity index (χ0n) is 62.7. The van der Waals surface area contributed by atoms with Gasteiger partial charge in [0.25, 0.3) is 0 Å². The lowest BCUT2D eigenvalue weighted by Gasteiger charge is -2.21. The van der Waals surface area contributed by atoms with Gasteiger partial charge < -0.3 is 33.8 Å². The first-order valence-corrected chi connectivity index (χ1v) is 42.9. The molecule has 0 aliphatic heterocycles. The van der Waals surface area contributed by atoms with Crippen molar-refractivity contribution in [1.29, 1.82) is 0 Å². The molecule has 0 rings (SSSR count). The van der Waals surface area contributed by atoms with Crippen LogP contribution in [0.2, 0.25) is 0 Å². The molecule has 19 heteroatoms. The molecule has 0 aromatic rings. The molecule has 0 saturated heterocycles. The Morgan fingerprint density at radius 3 is 0.845 bits per heavy atom. The molecule has 5 atom stereocenters. The van der Waals surface area contributed by atoms with Gasteiger partial charge in [-0.15, -0.1) is 0 Å². The van der Waals surface area contributed by atoms with Crippen molar-refractivity contribution >= 4 is 39.5 Å². The highest BCUT2D eigenvalue weighted by Gasteiger charge is 2.30. The van der Waals surface area contributed by atoms with E-state index in [-0.39, 0.29) is 25.7 Å². The van der Waals surface area contributed by atoms with Crippen LogP contribution in [0.5, 0.6) is 0 Å². The lowest BCUT2D eigenvalue weighted by atomic mass is 10.0. The van der Waals surface area contributed by atoms with Gasteiger partial charge in [-0.25, -0.2) is 9.13 Å². The van der Waals surface area contributed by atoms with Crippen LogP contribution in [-0.4, -0.2) is 96.7 Å². The minimum atomic E-state index is -4.97. The van der Waals surface area contributed by atoms with Gasteiger partial charge in [0.1, 0.15) is 19.3 Å². The number of ether oxygens (including phenoxy) is 4. The van der Waals surface area contributed by atoms with Crippen molar-refractivity contribution in [1.82, 2.24) is 0 Å². The number of carbonyl (C=O) groups excluding carboxylic acids is 4. The summed E-state index contributed by atoms with van der Waals surface area (Å²) in [5, 5.41) is 10.6. The fraction of sp³-hybridized carbons (Fsp3) is 0.897. The Hall–Kier alpha value is -2.46. The molecule has 0 heterocycles. The van der Waals surface area contributed by atoms with E-state index in [9.17, 15) is 43.2 Å². The molecule has 97 heavy (non-hydrogen) atoms. The van der Waals surface area contributed by atoms with Crippen molar-refractivity contribution in [2.24, 2.45) is 5.92 Å². The van der Waals surface area contributed by atoms with Gasteiger partial charge in [-0.3, -0.25) is 37.3 Å². The molecule has 17 nitrogen and oxygen atoms in total. The van der Waals surface area contributed by atoms with Crippen LogP contribution in [0.25, 0.3) is 0 Å². The average molecular weight is 1420 g/mol. The summed E-state index contributed by atoms with van der Waals surface area (Å²) < 4.78 is 68.6. The molecule has 3 N–H and O–H groups in total. The van der Waals surface area contributed by atoms with E-state index < -0.39 is 97.5 Å². The standard InChI is InChI=1S/C78H148O17P2/c1-6-9-12-15-18-21-24-27-29-30-31-33-35-38-43-48-53-58-63-77(82)94-73(67-89-76(81)62-57-52-47-42-37-34-32-28-25-22-19-16-13-10-7-2)69-92-96(84,85)90-65-72(79)66-91-97(86,87)93-70-74(95-78(83)64-59-54-49-44-39-40-45-50-55-60-71(4)5)68-88-75(80)61-56-51-46-41-36-26-23-20-17-14-11-8-3/h22,25,28,32,71-74,79H,6-21,23-24,26-27,29-31,33-70H2,1-5H3,(H,84,85)(H,86,87)/b25-22-,32-28-/t72-,73-,74-/m1/s1. The highest BCUT2D eigenvalue weighted by atomic mass is 31.2. The SMILES string of the molecule is CCCCCC/C=C\C=C/CCCCCCCC(=O)OC[C@H](COP(=O)(O)OC[C@@H](O)COP(=O)(O)OC[C@@H](COC(=O)CCCCCCCCCCCCCC)OC(=O)CCCCCCCCCCCC(C)C)OC(=O)CCCCCCCCCCCCCCCCCCCC. The third kappa shape index (κ3) is 71.7. The van der Waals surface area contributed by atoms with Crippen LogP contribution in [0, 0.1) is 5.92 Å². The number of aliphatic hydroxyl groups is 1. The van der Waals surface area contributed by atoms with Gasteiger partial charge in [0, 0.05) is 25.7 Å². The molecule has 572 valence electrons. The summed E-state index contributed by atoms with van der Waals surface area (Å²) in [5.74, 6) is -1.41. The minimum Gasteiger partial charge on any atom is -0.462 e. The topological polar surface area (TPSA) is 237 Å². The summed E-state index contributed by atoms with van der Waals surface area (Å²) >= 11 is 0. The molecule has 0 aromatic heterocycles. The Morgan fingerprint density at radius 2 is 0.557 bits per heavy atom. The zero-order valence-corrected chi connectivity index (χ0v) is 64.5. The molecular formula is C78H148O17P2. The number of allylic oxidation sites excluding steroid dienone is 4. The van der Waals surface area contributed by atoms with E-state index in [4.69, 9.17) is 37.0 Å². The van der Waals surface area contributed by atoms with E-state index in [1.54, 1.807) is 0 Å². The van der Waals surface area contributed by atoms with Gasteiger partial charge in [0.15, 0.2) is 12.2 Å². The number of carbonyl (C=O) groups is 4. The van der Waals surface area contributed by atoms with Crippen molar-refractivity contribution in [2.75, 3.05) is 39.6 Å². The van der Waals surface area contributed by atoms with Crippen LogP contribution in [0.15, 0.2) is 24.3 Å². The first-order valence-electron chi connectivity index (χ1n) is 40.0. The number of hydrogen-bond acceptors (Lipinski definition) is 15. The average Bonchev–Trinajstić information content (AvgIpc) is 1.58. The third-order valence-electron chi connectivity index (χ3n) is 17.7. The number of hydrogen-bond donors (Lipinski definition) is 3. The first-order chi connectivity index (χ1) is 47.0. The molecule has 0 amide bonds. The molecule has 0 aromatic carbocycles. The van der Waals surface area contributed by atoms with E-state index in [2.05, 4.69) is 58.9 Å². The maximum Gasteiger partial charge on any atom is 0.472 e. The fourth-order valence-corrected chi connectivity index (χ4v) is 13.1. The molecule has 0 fully saturated rings. The number of rotatable bonds is 76. The fourth-order valence-electron chi connectivity index (χ4n) is 11.5. The number of esters is 4. The molecule has 0 aliphatic rings. The molecule has 0 bridgehead atoms. The van der Waals surface area contributed by atoms with Gasteiger partial charge in [-0.2, -0.15) is 0 Å². The van der Waals surface area contributed by atoms with Gasteiger partial charge in [-0.1, -0.05) is 335 Å². The van der Waals surface area contributed by atoms with Crippen LogP contribution >= 0.6 is 15.6 Å². The molecular weight excluding hydrogens is 1270 g/mol. The van der Waals surface area contributed by atoms with E-state index in [1.807, 2.05) is 0 Å². The Balaban J connectivity index is 5.28. The molecule has 0 aliphatic carbocycles. The van der Waals surface area contributed by atoms with Crippen LogP contribution in [-0.2, 0) is 65.4 Å². The smallest absolute Gasteiger partial charge is 0.462 e. The summed E-state index contributed by atoms with van der Waals surface area (Å²) in [6, 6.07) is 0. The predicted molar refractivity (Wildman–Crippen MR) is 395 cm³/mol. The quantitative estimate of drug-likeness (QED) is 0.0169. The van der Waals surface area contributed by atoms with Crippen LogP contribution in [0.3, 0.4) is 0 Å². The second kappa shape index (κ2) is 70.6. The second-order valence-electron chi connectivity index (χ2n) is 27.9. The molecule has 0 spiro atoms. The van der Waals surface area contributed by atoms with Gasteiger partial charge in [-0.05, 0) is 57.3 Å². The zero-order chi connectivity index (χ0) is 71.2. The summed E-state index contributed by atoms with van der Waals surface area (Å²) in [6.45, 7) is 7.22. The van der Waals surface area contributed by atoms with Gasteiger partial charge in [0.2, 0.25) is 0 Å².